The Morgan fingerprint density at radius 1 is 1.14 bits per heavy atom. The highest BCUT2D eigenvalue weighted by Gasteiger charge is 2.16. The molecule has 1 aromatic heterocycles. The number of halogens is 1. The molecule has 0 unspecified atom stereocenters. The highest BCUT2D eigenvalue weighted by atomic mass is 35.5. The van der Waals surface area contributed by atoms with E-state index < -0.39 is 0 Å². The molecule has 0 aliphatic heterocycles. The van der Waals surface area contributed by atoms with E-state index in [-0.39, 0.29) is 5.78 Å². The van der Waals surface area contributed by atoms with Crippen LogP contribution in [0.1, 0.15) is 15.9 Å². The zero-order valence-corrected chi connectivity index (χ0v) is 12.2. The quantitative estimate of drug-likeness (QED) is 0.504. The second-order valence-corrected chi connectivity index (χ2v) is 5.27. The molecular weight excluding hydrogens is 282 g/mol. The van der Waals surface area contributed by atoms with Crippen LogP contribution in [-0.4, -0.2) is 10.4 Å². The lowest BCUT2D eigenvalue weighted by Gasteiger charge is -1.99. The molecule has 0 aliphatic carbocycles. The number of carbonyl (C=O) groups excluding carboxylic acids is 1. The number of benzene rings is 2. The van der Waals surface area contributed by atoms with Gasteiger partial charge in [-0.2, -0.15) is 0 Å². The molecule has 2 aromatic carbocycles. The number of nitrogens with zero attached hydrogens (tertiary/aromatic N) is 1. The Hall–Kier alpha value is -2.32. The highest BCUT2D eigenvalue weighted by molar-refractivity contribution is 6.30. The number of hydrogen-bond acceptors (Lipinski definition) is 1. The van der Waals surface area contributed by atoms with E-state index in [2.05, 4.69) is 6.58 Å². The molecule has 0 bridgehead atoms. The van der Waals surface area contributed by atoms with Gasteiger partial charge in [-0.05, 0) is 30.3 Å². The van der Waals surface area contributed by atoms with Crippen molar-refractivity contribution in [3.63, 3.8) is 0 Å². The van der Waals surface area contributed by atoms with Crippen molar-refractivity contribution >= 4 is 28.3 Å². The largest absolute Gasteiger partial charge is 0.343 e. The van der Waals surface area contributed by atoms with Crippen molar-refractivity contribution in [1.29, 1.82) is 0 Å². The van der Waals surface area contributed by atoms with Gasteiger partial charge in [-0.1, -0.05) is 35.9 Å². The molecule has 104 valence electrons. The Balaban J connectivity index is 2.13. The summed E-state index contributed by atoms with van der Waals surface area (Å²) in [6, 6.07) is 14.9. The zero-order chi connectivity index (χ0) is 14.8. The van der Waals surface area contributed by atoms with Crippen molar-refractivity contribution < 1.29 is 4.79 Å². The zero-order valence-electron chi connectivity index (χ0n) is 11.4. The van der Waals surface area contributed by atoms with Gasteiger partial charge in [-0.15, -0.1) is 6.58 Å². The van der Waals surface area contributed by atoms with Gasteiger partial charge in [0.15, 0.2) is 5.78 Å². The fraction of sp³-hybridized carbons (Fsp3) is 0.0556. The van der Waals surface area contributed by atoms with Crippen molar-refractivity contribution in [2.24, 2.45) is 0 Å². The standard InChI is InChI=1S/C18H14ClNO/c1-2-11-20-12-16(15-5-3-4-6-17(15)20)18(21)13-7-9-14(19)10-8-13/h2-10,12H,1,11H2. The van der Waals surface area contributed by atoms with Gasteiger partial charge < -0.3 is 4.57 Å². The number of para-hydroxylation sites is 1. The summed E-state index contributed by atoms with van der Waals surface area (Å²) in [7, 11) is 0. The number of rotatable bonds is 4. The van der Waals surface area contributed by atoms with Crippen LogP contribution in [0.25, 0.3) is 10.9 Å². The van der Waals surface area contributed by atoms with E-state index in [1.54, 1.807) is 24.3 Å². The van der Waals surface area contributed by atoms with E-state index >= 15 is 0 Å². The molecule has 0 radical (unpaired) electrons. The molecule has 3 rings (SSSR count). The molecule has 2 nitrogen and oxygen atoms in total. The van der Waals surface area contributed by atoms with Crippen molar-refractivity contribution in [1.82, 2.24) is 4.57 Å². The third-order valence-electron chi connectivity index (χ3n) is 3.47. The number of hydrogen-bond donors (Lipinski definition) is 0. The normalized spacial score (nSPS) is 10.7. The molecule has 3 heteroatoms. The SMILES string of the molecule is C=CCn1cc(C(=O)c2ccc(Cl)cc2)c2ccccc21. The van der Waals surface area contributed by atoms with Gasteiger partial charge in [-0.25, -0.2) is 0 Å². The summed E-state index contributed by atoms with van der Waals surface area (Å²) < 4.78 is 2.03. The fourth-order valence-electron chi connectivity index (χ4n) is 2.47. The van der Waals surface area contributed by atoms with E-state index in [0.717, 1.165) is 10.9 Å². The summed E-state index contributed by atoms with van der Waals surface area (Å²) in [5, 5.41) is 1.58. The van der Waals surface area contributed by atoms with Crippen LogP contribution in [0.2, 0.25) is 5.02 Å². The van der Waals surface area contributed by atoms with E-state index in [4.69, 9.17) is 11.6 Å². The molecule has 0 N–H and O–H groups in total. The van der Waals surface area contributed by atoms with Crippen molar-refractivity contribution in [3.05, 3.63) is 83.5 Å². The van der Waals surface area contributed by atoms with Crippen molar-refractivity contribution in [2.45, 2.75) is 6.54 Å². The number of fused-ring (bicyclic) bond motifs is 1. The van der Waals surface area contributed by atoms with Gasteiger partial charge in [0, 0.05) is 39.8 Å². The Morgan fingerprint density at radius 3 is 2.57 bits per heavy atom. The second kappa shape index (κ2) is 5.58. The monoisotopic (exact) mass is 295 g/mol. The molecule has 0 fully saturated rings. The fourth-order valence-corrected chi connectivity index (χ4v) is 2.60. The van der Waals surface area contributed by atoms with Crippen LogP contribution in [0.4, 0.5) is 0 Å². The van der Waals surface area contributed by atoms with Crippen LogP contribution in [0, 0.1) is 0 Å². The Labute approximate surface area is 128 Å². The maximum atomic E-state index is 12.7. The maximum Gasteiger partial charge on any atom is 0.195 e. The number of allylic oxidation sites excluding steroid dienone is 1. The summed E-state index contributed by atoms with van der Waals surface area (Å²) >= 11 is 5.88. The van der Waals surface area contributed by atoms with E-state index in [9.17, 15) is 4.79 Å². The first-order chi connectivity index (χ1) is 10.2. The van der Waals surface area contributed by atoms with Crippen LogP contribution in [0.15, 0.2) is 67.4 Å². The molecule has 0 atom stereocenters. The topological polar surface area (TPSA) is 22.0 Å². The van der Waals surface area contributed by atoms with Crippen molar-refractivity contribution in [2.75, 3.05) is 0 Å². The van der Waals surface area contributed by atoms with Crippen LogP contribution < -0.4 is 0 Å². The van der Waals surface area contributed by atoms with Gasteiger partial charge in [0.25, 0.3) is 0 Å². The van der Waals surface area contributed by atoms with Gasteiger partial charge in [-0.3, -0.25) is 4.79 Å². The Kier molecular flexibility index (Phi) is 3.63. The van der Waals surface area contributed by atoms with Gasteiger partial charge >= 0.3 is 0 Å². The molecule has 21 heavy (non-hydrogen) atoms. The van der Waals surface area contributed by atoms with E-state index in [1.807, 2.05) is 41.1 Å². The Morgan fingerprint density at radius 2 is 1.86 bits per heavy atom. The van der Waals surface area contributed by atoms with Gasteiger partial charge in [0.2, 0.25) is 0 Å². The van der Waals surface area contributed by atoms with E-state index in [1.165, 1.54) is 0 Å². The minimum Gasteiger partial charge on any atom is -0.343 e. The Bertz CT molecular complexity index is 815. The van der Waals surface area contributed by atoms with Crippen LogP contribution in [0.3, 0.4) is 0 Å². The molecule has 0 saturated carbocycles. The maximum absolute atomic E-state index is 12.7. The lowest BCUT2D eigenvalue weighted by atomic mass is 10.0. The van der Waals surface area contributed by atoms with Crippen molar-refractivity contribution in [3.8, 4) is 0 Å². The third kappa shape index (κ3) is 2.50. The van der Waals surface area contributed by atoms with Gasteiger partial charge in [0.05, 0.1) is 0 Å². The van der Waals surface area contributed by atoms with E-state index in [0.29, 0.717) is 22.7 Å². The first kappa shape index (κ1) is 13.7. The minimum absolute atomic E-state index is 0.00526. The molecule has 0 aliphatic rings. The van der Waals surface area contributed by atoms with Gasteiger partial charge in [0.1, 0.15) is 0 Å². The molecule has 0 saturated heterocycles. The summed E-state index contributed by atoms with van der Waals surface area (Å²) in [5.74, 6) is 0.00526. The molecule has 0 spiro atoms. The lowest BCUT2D eigenvalue weighted by Crippen LogP contribution is -2.00. The average molecular weight is 296 g/mol. The molecule has 3 aromatic rings. The smallest absolute Gasteiger partial charge is 0.195 e. The number of ketones is 1. The number of aromatic nitrogens is 1. The summed E-state index contributed by atoms with van der Waals surface area (Å²) in [6.45, 7) is 4.44. The number of carbonyl (C=O) groups is 1. The van der Waals surface area contributed by atoms with Crippen LogP contribution in [-0.2, 0) is 6.54 Å². The highest BCUT2D eigenvalue weighted by Crippen LogP contribution is 2.24. The summed E-state index contributed by atoms with van der Waals surface area (Å²) in [5.41, 5.74) is 2.38. The molecular formula is C18H14ClNO. The predicted octanol–water partition coefficient (Wildman–Crippen LogP) is 4.71. The van der Waals surface area contributed by atoms with Crippen LogP contribution >= 0.6 is 11.6 Å². The second-order valence-electron chi connectivity index (χ2n) is 4.84. The molecule has 1 heterocycles. The minimum atomic E-state index is 0.00526. The summed E-state index contributed by atoms with van der Waals surface area (Å²) in [4.78, 5) is 12.7. The average Bonchev–Trinajstić information content (AvgIpc) is 2.87. The lowest BCUT2D eigenvalue weighted by molar-refractivity contribution is 0.104. The molecule has 0 amide bonds. The first-order valence-electron chi connectivity index (χ1n) is 6.70. The third-order valence-corrected chi connectivity index (χ3v) is 3.72. The van der Waals surface area contributed by atoms with Crippen LogP contribution in [0.5, 0.6) is 0 Å². The first-order valence-corrected chi connectivity index (χ1v) is 7.07. The predicted molar refractivity (Wildman–Crippen MR) is 87.0 cm³/mol. The summed E-state index contributed by atoms with van der Waals surface area (Å²) in [6.07, 6.45) is 3.71.